The summed E-state index contributed by atoms with van der Waals surface area (Å²) in [6.07, 6.45) is 2.57. The molecule has 15 heavy (non-hydrogen) atoms. The van der Waals surface area contributed by atoms with E-state index in [1.165, 1.54) is 11.3 Å². The molecule has 0 bridgehead atoms. The van der Waals surface area contributed by atoms with Gasteiger partial charge in [-0.2, -0.15) is 0 Å². The number of nitrogens with one attached hydrogen (secondary N) is 2. The van der Waals surface area contributed by atoms with Gasteiger partial charge >= 0.3 is 0 Å². The van der Waals surface area contributed by atoms with Crippen molar-refractivity contribution in [2.24, 2.45) is 5.41 Å². The first-order chi connectivity index (χ1) is 7.10. The van der Waals surface area contributed by atoms with E-state index in [1.807, 2.05) is 6.92 Å². The molecule has 0 aromatic carbocycles. The molecule has 1 saturated heterocycles. The summed E-state index contributed by atoms with van der Waals surface area (Å²) in [6, 6.07) is 0. The van der Waals surface area contributed by atoms with Gasteiger partial charge in [0.1, 0.15) is 0 Å². The van der Waals surface area contributed by atoms with Crippen molar-refractivity contribution in [3.63, 3.8) is 0 Å². The molecule has 0 saturated carbocycles. The molecule has 2 N–H and O–H groups in total. The second kappa shape index (κ2) is 4.19. The summed E-state index contributed by atoms with van der Waals surface area (Å²) >= 11 is 4.74. The molecule has 1 aliphatic rings. The number of hydrogen-bond donors (Lipinski definition) is 2. The van der Waals surface area contributed by atoms with Gasteiger partial charge in [0.2, 0.25) is 5.91 Å². The van der Waals surface area contributed by atoms with Gasteiger partial charge in [0.25, 0.3) is 0 Å². The van der Waals surface area contributed by atoms with Gasteiger partial charge in [-0.1, -0.05) is 11.3 Å². The maximum Gasteiger partial charge on any atom is 0.233 e. The third kappa shape index (κ3) is 2.38. The first-order valence-corrected chi connectivity index (χ1v) is 6.35. The Morgan fingerprint density at radius 2 is 2.60 bits per heavy atom. The van der Waals surface area contributed by atoms with Crippen LogP contribution in [0.25, 0.3) is 0 Å². The predicted molar refractivity (Wildman–Crippen MR) is 64.0 cm³/mol. The highest BCUT2D eigenvalue weighted by Crippen LogP contribution is 2.28. The number of amides is 1. The zero-order valence-corrected chi connectivity index (χ0v) is 10.7. The fourth-order valence-electron chi connectivity index (χ4n) is 1.57. The minimum absolute atomic E-state index is 0.0503. The van der Waals surface area contributed by atoms with E-state index >= 15 is 0 Å². The molecule has 0 spiro atoms. The molecule has 1 aromatic rings. The molecule has 82 valence electrons. The van der Waals surface area contributed by atoms with Crippen LogP contribution in [0.15, 0.2) is 9.98 Å². The van der Waals surface area contributed by atoms with Gasteiger partial charge in [0.15, 0.2) is 5.13 Å². The number of rotatable bonds is 2. The lowest BCUT2D eigenvalue weighted by Crippen LogP contribution is -2.35. The summed E-state index contributed by atoms with van der Waals surface area (Å²) in [6.45, 7) is 3.63. The number of hydrogen-bond acceptors (Lipinski definition) is 4. The molecule has 2 rings (SSSR count). The van der Waals surface area contributed by atoms with Crippen molar-refractivity contribution < 1.29 is 4.79 Å². The zero-order valence-electron chi connectivity index (χ0n) is 8.34. The van der Waals surface area contributed by atoms with Gasteiger partial charge in [0.05, 0.1) is 15.4 Å². The second-order valence-electron chi connectivity index (χ2n) is 3.91. The molecule has 0 aliphatic carbocycles. The Balaban J connectivity index is 2.03. The van der Waals surface area contributed by atoms with E-state index in [0.29, 0.717) is 5.13 Å². The van der Waals surface area contributed by atoms with Crippen LogP contribution in [0.3, 0.4) is 0 Å². The zero-order chi connectivity index (χ0) is 10.9. The van der Waals surface area contributed by atoms with Gasteiger partial charge in [-0.3, -0.25) is 4.79 Å². The van der Waals surface area contributed by atoms with Crippen LogP contribution in [0.4, 0.5) is 5.13 Å². The molecule has 1 atom stereocenters. The Morgan fingerprint density at radius 3 is 3.13 bits per heavy atom. The third-order valence-electron chi connectivity index (χ3n) is 2.61. The number of nitrogens with zero attached hydrogens (tertiary/aromatic N) is 1. The van der Waals surface area contributed by atoms with Crippen LogP contribution in [0, 0.1) is 5.41 Å². The highest BCUT2D eigenvalue weighted by Gasteiger charge is 2.36. The van der Waals surface area contributed by atoms with Crippen molar-refractivity contribution in [2.45, 2.75) is 13.3 Å². The summed E-state index contributed by atoms with van der Waals surface area (Å²) in [7, 11) is 0. The molecule has 2 heterocycles. The van der Waals surface area contributed by atoms with Crippen LogP contribution in [0.2, 0.25) is 0 Å². The van der Waals surface area contributed by atoms with Crippen LogP contribution in [0.5, 0.6) is 0 Å². The van der Waals surface area contributed by atoms with Crippen molar-refractivity contribution in [3.8, 4) is 0 Å². The van der Waals surface area contributed by atoms with Crippen molar-refractivity contribution in [1.29, 1.82) is 0 Å². The number of halogens is 1. The molecule has 1 aliphatic heterocycles. The fraction of sp³-hybridized carbons (Fsp3) is 0.556. The van der Waals surface area contributed by atoms with Crippen molar-refractivity contribution in [3.05, 3.63) is 9.98 Å². The summed E-state index contributed by atoms with van der Waals surface area (Å²) in [5.74, 6) is 0.0503. The summed E-state index contributed by atoms with van der Waals surface area (Å²) in [5.41, 5.74) is -0.294. The van der Waals surface area contributed by atoms with E-state index in [1.54, 1.807) is 6.20 Å². The number of aromatic nitrogens is 1. The largest absolute Gasteiger partial charge is 0.316 e. The lowest BCUT2D eigenvalue weighted by Gasteiger charge is -2.20. The minimum Gasteiger partial charge on any atom is -0.316 e. The van der Waals surface area contributed by atoms with Crippen molar-refractivity contribution in [1.82, 2.24) is 10.3 Å². The second-order valence-corrected chi connectivity index (χ2v) is 6.32. The van der Waals surface area contributed by atoms with Crippen molar-refractivity contribution in [2.75, 3.05) is 18.4 Å². The van der Waals surface area contributed by atoms with E-state index < -0.39 is 0 Å². The van der Waals surface area contributed by atoms with Crippen molar-refractivity contribution >= 4 is 38.3 Å². The summed E-state index contributed by atoms with van der Waals surface area (Å²) in [5, 5.41) is 6.69. The first kappa shape index (κ1) is 11.0. The van der Waals surface area contributed by atoms with Crippen LogP contribution in [0.1, 0.15) is 13.3 Å². The average Bonchev–Trinajstić information content (AvgIpc) is 2.76. The molecule has 1 fully saturated rings. The number of carbonyl (C=O) groups is 1. The van der Waals surface area contributed by atoms with Crippen LogP contribution >= 0.6 is 27.3 Å². The molecular formula is C9H12BrN3OS. The van der Waals surface area contributed by atoms with E-state index in [0.717, 1.165) is 23.3 Å². The van der Waals surface area contributed by atoms with Gasteiger partial charge < -0.3 is 10.6 Å². The Bertz CT molecular complexity index is 373. The first-order valence-electron chi connectivity index (χ1n) is 4.74. The van der Waals surface area contributed by atoms with Gasteiger partial charge in [-0.25, -0.2) is 4.98 Å². The molecule has 1 unspecified atom stereocenters. The standard InChI is InChI=1S/C9H12BrN3OS/c1-9(2-3-11-5-9)7(14)13-8-12-4-6(10)15-8/h4,11H,2-3,5H2,1H3,(H,12,13,14). The smallest absolute Gasteiger partial charge is 0.233 e. The summed E-state index contributed by atoms with van der Waals surface area (Å²) in [4.78, 5) is 16.0. The SMILES string of the molecule is CC1(C(=O)Nc2ncc(Br)s2)CCNC1. The number of carbonyl (C=O) groups excluding carboxylic acids is 1. The van der Waals surface area contributed by atoms with E-state index in [9.17, 15) is 4.79 Å². The number of anilines is 1. The van der Waals surface area contributed by atoms with Crippen LogP contribution in [-0.4, -0.2) is 24.0 Å². The Kier molecular flexibility index (Phi) is 3.08. The Morgan fingerprint density at radius 1 is 1.80 bits per heavy atom. The molecule has 0 radical (unpaired) electrons. The third-order valence-corrected chi connectivity index (χ3v) is 4.01. The minimum atomic E-state index is -0.294. The molecule has 1 amide bonds. The van der Waals surface area contributed by atoms with Crippen LogP contribution < -0.4 is 10.6 Å². The molecular weight excluding hydrogens is 278 g/mol. The maximum atomic E-state index is 11.9. The summed E-state index contributed by atoms with van der Waals surface area (Å²) < 4.78 is 0.924. The average molecular weight is 290 g/mol. The topological polar surface area (TPSA) is 54.0 Å². The maximum absolute atomic E-state index is 11.9. The Labute approximate surface area is 101 Å². The number of thiazole rings is 1. The van der Waals surface area contributed by atoms with Gasteiger partial charge in [-0.15, -0.1) is 0 Å². The highest BCUT2D eigenvalue weighted by atomic mass is 79.9. The van der Waals surface area contributed by atoms with Gasteiger partial charge in [0, 0.05) is 6.54 Å². The van der Waals surface area contributed by atoms with Crippen LogP contribution in [-0.2, 0) is 4.79 Å². The fourth-order valence-corrected chi connectivity index (χ4v) is 2.67. The lowest BCUT2D eigenvalue weighted by atomic mass is 9.89. The quantitative estimate of drug-likeness (QED) is 0.874. The Hall–Kier alpha value is -0.460. The highest BCUT2D eigenvalue weighted by molar-refractivity contribution is 9.11. The van der Waals surface area contributed by atoms with E-state index in [-0.39, 0.29) is 11.3 Å². The monoisotopic (exact) mass is 289 g/mol. The van der Waals surface area contributed by atoms with E-state index in [4.69, 9.17) is 0 Å². The predicted octanol–water partition coefficient (Wildman–Crippen LogP) is 1.84. The van der Waals surface area contributed by atoms with Gasteiger partial charge in [-0.05, 0) is 35.8 Å². The molecule has 4 nitrogen and oxygen atoms in total. The van der Waals surface area contributed by atoms with E-state index in [2.05, 4.69) is 31.5 Å². The lowest BCUT2D eigenvalue weighted by molar-refractivity contribution is -0.123. The normalized spacial score (nSPS) is 25.5. The molecule has 1 aromatic heterocycles. The molecule has 6 heteroatoms.